The number of methoxy groups -OCH3 is 1. The van der Waals surface area contributed by atoms with Gasteiger partial charge in [-0.2, -0.15) is 0 Å². The summed E-state index contributed by atoms with van der Waals surface area (Å²) >= 11 is 2.05. The van der Waals surface area contributed by atoms with Crippen molar-refractivity contribution in [1.82, 2.24) is 0 Å². The van der Waals surface area contributed by atoms with Gasteiger partial charge in [0.25, 0.3) is 5.97 Å². The minimum Gasteiger partial charge on any atom is -0.504 e. The normalized spacial score (nSPS) is 36.6. The number of aromatic hydroxyl groups is 1. The Morgan fingerprint density at radius 3 is 2.62 bits per heavy atom. The molecule has 0 aromatic heterocycles. The van der Waals surface area contributed by atoms with Crippen LogP contribution in [-0.2, 0) is 41.4 Å². The van der Waals surface area contributed by atoms with Gasteiger partial charge in [0.05, 0.1) is 25.6 Å². The molecule has 8 atom stereocenters. The fraction of sp³-hybridized carbons (Fsp3) is 0.459. The molecule has 10 heteroatoms. The molecule has 3 fully saturated rings. The van der Waals surface area contributed by atoms with Gasteiger partial charge in [-0.05, 0) is 88.8 Å². The van der Waals surface area contributed by atoms with Crippen molar-refractivity contribution in [2.24, 2.45) is 17.8 Å². The van der Waals surface area contributed by atoms with Gasteiger partial charge in [0, 0.05) is 21.8 Å². The van der Waals surface area contributed by atoms with Gasteiger partial charge in [0.1, 0.15) is 23.9 Å². The van der Waals surface area contributed by atoms with Crippen LogP contribution in [0, 0.1) is 21.3 Å². The van der Waals surface area contributed by atoms with Crippen molar-refractivity contribution in [2.75, 3.05) is 13.7 Å². The Morgan fingerprint density at radius 1 is 1.17 bits per heavy atom. The van der Waals surface area contributed by atoms with E-state index in [1.807, 2.05) is 49.4 Å². The average molecular weight is 753 g/mol. The molecule has 1 unspecified atom stereocenters. The Balaban J connectivity index is 1.27. The second-order valence-electron chi connectivity index (χ2n) is 13.8. The van der Waals surface area contributed by atoms with E-state index >= 15 is 0 Å². The van der Waals surface area contributed by atoms with Crippen LogP contribution < -0.4 is 4.74 Å². The number of esters is 1. The van der Waals surface area contributed by atoms with Crippen LogP contribution in [0.4, 0.5) is 0 Å². The topological polar surface area (TPSA) is 121 Å². The molecule has 2 aromatic carbocycles. The van der Waals surface area contributed by atoms with E-state index in [0.29, 0.717) is 33.1 Å². The van der Waals surface area contributed by atoms with Gasteiger partial charge in [-0.15, -0.1) is 0 Å². The van der Waals surface area contributed by atoms with E-state index in [2.05, 4.69) is 36.1 Å². The van der Waals surface area contributed by atoms with Gasteiger partial charge in [-0.1, -0.05) is 56.0 Å². The molecule has 1 saturated carbocycles. The minimum atomic E-state index is -1.81. The standard InChI is InChI=1S/C37H39IO9/c1-20(2)35-16-22(4)37-26(33(35)45-36(46-35,47-37)18-23-9-7-6-8-10-23)12-24(17-34(42)30(37)11-21(3)32(34)41)19-44-31(40)14-25-13-29(43-5)28(39)15-27(25)38/h6-13,15,22,26,30,33,39,42H,1,14,16-19H2,2-5H3/t22-,26+,30-,33+,34-,35-,36?,37-/m1/s1/i38-2. The molecule has 5 aliphatic rings. The lowest BCUT2D eigenvalue weighted by atomic mass is 9.55. The Morgan fingerprint density at radius 2 is 1.91 bits per heavy atom. The summed E-state index contributed by atoms with van der Waals surface area (Å²) in [6.07, 6.45) is 4.13. The van der Waals surface area contributed by atoms with Gasteiger partial charge < -0.3 is 33.9 Å². The number of phenolic OH excluding ortho intramolecular Hbond substituents is 1. The maximum atomic E-state index is 13.8. The summed E-state index contributed by atoms with van der Waals surface area (Å²) in [4.78, 5) is 27.0. The van der Waals surface area contributed by atoms with Crippen molar-refractivity contribution >= 4 is 34.3 Å². The fourth-order valence-electron chi connectivity index (χ4n) is 8.75. The number of hydrogen-bond donors (Lipinski definition) is 2. The van der Waals surface area contributed by atoms with Crippen molar-refractivity contribution in [1.29, 1.82) is 0 Å². The Bertz CT molecular complexity index is 1730. The lowest BCUT2D eigenvalue weighted by molar-refractivity contribution is -0.421. The number of fused-ring (bicyclic) bond motifs is 2. The summed E-state index contributed by atoms with van der Waals surface area (Å²) in [5, 5.41) is 22.5. The summed E-state index contributed by atoms with van der Waals surface area (Å²) in [6.45, 7) is 9.99. The van der Waals surface area contributed by atoms with Crippen molar-refractivity contribution in [2.45, 2.75) is 75.3 Å². The first-order chi connectivity index (χ1) is 22.3. The first-order valence-corrected chi connectivity index (χ1v) is 17.0. The van der Waals surface area contributed by atoms with E-state index < -0.39 is 46.7 Å². The van der Waals surface area contributed by atoms with Crippen molar-refractivity contribution in [3.63, 3.8) is 0 Å². The molecule has 0 amide bonds. The molecule has 9 nitrogen and oxygen atoms in total. The summed E-state index contributed by atoms with van der Waals surface area (Å²) < 4.78 is 32.6. The van der Waals surface area contributed by atoms with E-state index in [-0.39, 0.29) is 42.6 Å². The van der Waals surface area contributed by atoms with Gasteiger partial charge in [0.2, 0.25) is 0 Å². The molecule has 47 heavy (non-hydrogen) atoms. The van der Waals surface area contributed by atoms with Gasteiger partial charge in [-0.3, -0.25) is 9.59 Å². The first kappa shape index (κ1) is 32.5. The molecule has 2 aliphatic heterocycles. The zero-order valence-corrected chi connectivity index (χ0v) is 29.0. The Kier molecular flexibility index (Phi) is 7.79. The van der Waals surface area contributed by atoms with Crippen molar-refractivity contribution < 1.29 is 43.5 Å². The molecular formula is C37H39IO9. The Labute approximate surface area is 287 Å². The van der Waals surface area contributed by atoms with Gasteiger partial charge >= 0.3 is 5.97 Å². The maximum absolute atomic E-state index is 13.8. The highest BCUT2D eigenvalue weighted by Gasteiger charge is 2.79. The van der Waals surface area contributed by atoms with Crippen LogP contribution in [0.5, 0.6) is 11.5 Å². The smallest absolute Gasteiger partial charge is 0.310 e. The van der Waals surface area contributed by atoms with Crippen LogP contribution in [0.25, 0.3) is 0 Å². The molecule has 2 heterocycles. The number of ketones is 1. The predicted molar refractivity (Wildman–Crippen MR) is 179 cm³/mol. The number of ether oxygens (including phenoxy) is 5. The number of halogens is 1. The quantitative estimate of drug-likeness (QED) is 0.209. The number of aliphatic hydroxyl groups is 1. The number of carbonyl (C=O) groups is 2. The highest BCUT2D eigenvalue weighted by atomic mass is 125. The highest BCUT2D eigenvalue weighted by molar-refractivity contribution is 14.1. The Hall–Kier alpha value is -3.03. The lowest BCUT2D eigenvalue weighted by Gasteiger charge is -2.59. The predicted octanol–water partition coefficient (Wildman–Crippen LogP) is 5.35. The second kappa shape index (κ2) is 11.3. The highest BCUT2D eigenvalue weighted by Crippen LogP contribution is 2.68. The lowest BCUT2D eigenvalue weighted by Crippen LogP contribution is -2.70. The molecule has 0 spiro atoms. The molecule has 248 valence electrons. The summed E-state index contributed by atoms with van der Waals surface area (Å²) in [5.74, 6) is -3.37. The molecule has 0 radical (unpaired) electrons. The third-order valence-corrected chi connectivity index (χ3v) is 11.8. The van der Waals surface area contributed by atoms with Crippen LogP contribution >= 0.6 is 22.6 Å². The van der Waals surface area contributed by atoms with E-state index in [1.165, 1.54) is 13.2 Å². The van der Waals surface area contributed by atoms with E-state index in [4.69, 9.17) is 23.7 Å². The van der Waals surface area contributed by atoms with Crippen LogP contribution in [0.3, 0.4) is 0 Å². The number of rotatable bonds is 8. The third-order valence-electron chi connectivity index (χ3n) is 10.8. The first-order valence-electron chi connectivity index (χ1n) is 15.9. The number of carbonyl (C=O) groups excluding carboxylic acids is 2. The monoisotopic (exact) mass is 752 g/mol. The number of phenols is 1. The van der Waals surface area contributed by atoms with Crippen molar-refractivity contribution in [3.05, 3.63) is 92.6 Å². The van der Waals surface area contributed by atoms with E-state index in [1.54, 1.807) is 13.0 Å². The zero-order chi connectivity index (χ0) is 33.5. The maximum Gasteiger partial charge on any atom is 0.310 e. The van der Waals surface area contributed by atoms with Crippen LogP contribution in [-0.4, -0.2) is 64.6 Å². The SMILES string of the molecule is C=C(C)[C@]12C[C@@H](C)[C@@]34OC(Cc5ccccc5)(O[C@H]1[C@@H]3C=C(COC(=O)Cc1cc(OC)c(O)cc1[125I])C[C@]1(O)C(=O)C(C)=C[C@@H]41)O2. The van der Waals surface area contributed by atoms with Crippen LogP contribution in [0.1, 0.15) is 44.7 Å². The van der Waals surface area contributed by atoms with Crippen LogP contribution in [0.2, 0.25) is 0 Å². The van der Waals surface area contributed by atoms with Crippen molar-refractivity contribution in [3.8, 4) is 11.5 Å². The molecule has 3 bridgehead atoms. The second-order valence-corrected chi connectivity index (χ2v) is 14.9. The van der Waals surface area contributed by atoms with E-state index in [9.17, 15) is 19.8 Å². The van der Waals surface area contributed by atoms with Gasteiger partial charge in [0.15, 0.2) is 17.3 Å². The van der Waals surface area contributed by atoms with Crippen LogP contribution in [0.15, 0.2) is 77.9 Å². The molecule has 2 saturated heterocycles. The van der Waals surface area contributed by atoms with E-state index in [0.717, 1.165) is 11.1 Å². The molecule has 3 aliphatic carbocycles. The van der Waals surface area contributed by atoms with Gasteiger partial charge in [-0.25, -0.2) is 0 Å². The average Bonchev–Trinajstić information content (AvgIpc) is 3.33. The molecule has 7 rings (SSSR count). The molecular weight excluding hydrogens is 713 g/mol. The minimum absolute atomic E-state index is 0.0175. The third kappa shape index (κ3) is 4.85. The fourth-order valence-corrected chi connectivity index (χ4v) is 9.39. The number of Topliss-reactive ketones (excluding diaryl/α,β-unsaturated/α-hetero) is 1. The zero-order valence-electron chi connectivity index (χ0n) is 26.9. The summed E-state index contributed by atoms with van der Waals surface area (Å²) in [7, 11) is 1.44. The molecule has 2 N–H and O–H groups in total. The summed E-state index contributed by atoms with van der Waals surface area (Å²) in [5.41, 5.74) is -0.221. The summed E-state index contributed by atoms with van der Waals surface area (Å²) in [6, 6.07) is 13.0. The number of hydrogen-bond acceptors (Lipinski definition) is 9. The number of benzene rings is 2. The molecule has 2 aromatic rings. The largest absolute Gasteiger partial charge is 0.504 e.